The predicted molar refractivity (Wildman–Crippen MR) is 94.5 cm³/mol. The van der Waals surface area contributed by atoms with Gasteiger partial charge in [-0.3, -0.25) is 9.20 Å². The highest BCUT2D eigenvalue weighted by Crippen LogP contribution is 2.22. The molecule has 3 rings (SSSR count). The van der Waals surface area contributed by atoms with Crippen LogP contribution in [0.15, 0.2) is 45.5 Å². The second kappa shape index (κ2) is 5.85. The van der Waals surface area contributed by atoms with E-state index in [9.17, 15) is 4.79 Å². The normalized spacial score (nSPS) is 10.9. The molecule has 0 saturated carbocycles. The molecule has 0 aliphatic carbocycles. The fourth-order valence-corrected chi connectivity index (χ4v) is 2.99. The summed E-state index contributed by atoms with van der Waals surface area (Å²) < 4.78 is 3.64. The highest BCUT2D eigenvalue weighted by molar-refractivity contribution is 9.10. The molecule has 2 heterocycles. The molecule has 2 aromatic heterocycles. The minimum absolute atomic E-state index is 0.182. The third-order valence-electron chi connectivity index (χ3n) is 3.40. The van der Waals surface area contributed by atoms with E-state index >= 15 is 0 Å². The smallest absolute Gasteiger partial charge is 0.274 e. The van der Waals surface area contributed by atoms with Gasteiger partial charge in [0.1, 0.15) is 11.3 Å². The first-order valence-electron chi connectivity index (χ1n) is 6.67. The Bertz CT molecular complexity index is 886. The fourth-order valence-electron chi connectivity index (χ4n) is 2.27. The maximum atomic E-state index is 12.6. The summed E-state index contributed by atoms with van der Waals surface area (Å²) in [6, 6.07) is 9.50. The molecule has 112 valence electrons. The Labute approximate surface area is 144 Å². The molecule has 0 aliphatic rings. The van der Waals surface area contributed by atoms with Gasteiger partial charge in [-0.25, -0.2) is 4.98 Å². The molecular formula is C16H13Br2N3O. The molecule has 0 unspecified atom stereocenters. The van der Waals surface area contributed by atoms with Crippen molar-refractivity contribution in [1.82, 2.24) is 9.38 Å². The molecule has 6 heteroatoms. The van der Waals surface area contributed by atoms with Gasteiger partial charge in [0.15, 0.2) is 0 Å². The van der Waals surface area contributed by atoms with Crippen molar-refractivity contribution in [2.45, 2.75) is 13.8 Å². The molecule has 0 radical (unpaired) electrons. The summed E-state index contributed by atoms with van der Waals surface area (Å²) in [6.45, 7) is 3.84. The van der Waals surface area contributed by atoms with Crippen LogP contribution >= 0.6 is 31.9 Å². The van der Waals surface area contributed by atoms with Crippen LogP contribution in [-0.2, 0) is 0 Å². The van der Waals surface area contributed by atoms with E-state index in [1.165, 1.54) is 0 Å². The van der Waals surface area contributed by atoms with Gasteiger partial charge in [-0.15, -0.1) is 0 Å². The lowest BCUT2D eigenvalue weighted by Gasteiger charge is -2.08. The molecule has 3 aromatic rings. The molecule has 4 nitrogen and oxygen atoms in total. The zero-order valence-corrected chi connectivity index (χ0v) is 15.2. The number of imidazole rings is 1. The van der Waals surface area contributed by atoms with Crippen LogP contribution in [0, 0.1) is 13.8 Å². The average Bonchev–Trinajstić information content (AvgIpc) is 2.78. The fraction of sp³-hybridized carbons (Fsp3) is 0.125. The Kier molecular flexibility index (Phi) is 4.06. The second-order valence-electron chi connectivity index (χ2n) is 5.04. The molecule has 0 saturated heterocycles. The molecule has 22 heavy (non-hydrogen) atoms. The van der Waals surface area contributed by atoms with Crippen molar-refractivity contribution >= 4 is 49.1 Å². The molecule has 1 amide bonds. The quantitative estimate of drug-likeness (QED) is 0.648. The first kappa shape index (κ1) is 15.2. The average molecular weight is 423 g/mol. The van der Waals surface area contributed by atoms with Gasteiger partial charge >= 0.3 is 0 Å². The van der Waals surface area contributed by atoms with Gasteiger partial charge in [0.25, 0.3) is 5.91 Å². The highest BCUT2D eigenvalue weighted by Gasteiger charge is 2.17. The zero-order valence-electron chi connectivity index (χ0n) is 12.0. The Morgan fingerprint density at radius 1 is 1.18 bits per heavy atom. The SMILES string of the molecule is Cc1ccc(NC(=O)c2c(C)nc3ccc(Br)cn23)cc1Br. The Balaban J connectivity index is 2.00. The maximum absolute atomic E-state index is 12.6. The molecular weight excluding hydrogens is 410 g/mol. The number of pyridine rings is 1. The highest BCUT2D eigenvalue weighted by atomic mass is 79.9. The van der Waals surface area contributed by atoms with Crippen molar-refractivity contribution in [3.8, 4) is 0 Å². The number of nitrogens with one attached hydrogen (secondary N) is 1. The van der Waals surface area contributed by atoms with Crippen LogP contribution < -0.4 is 5.32 Å². The summed E-state index contributed by atoms with van der Waals surface area (Å²) in [7, 11) is 0. The number of fused-ring (bicyclic) bond motifs is 1. The minimum atomic E-state index is -0.182. The number of aromatic nitrogens is 2. The van der Waals surface area contributed by atoms with Crippen molar-refractivity contribution in [3.63, 3.8) is 0 Å². The van der Waals surface area contributed by atoms with Gasteiger partial charge in [0.05, 0.1) is 5.69 Å². The Morgan fingerprint density at radius 3 is 2.68 bits per heavy atom. The minimum Gasteiger partial charge on any atom is -0.321 e. The standard InChI is InChI=1S/C16H13Br2N3O/c1-9-3-5-12(7-13(9)18)20-16(22)15-10(2)19-14-6-4-11(17)8-21(14)15/h3-8H,1-2H3,(H,20,22). The number of halogens is 2. The third-order valence-corrected chi connectivity index (χ3v) is 4.72. The topological polar surface area (TPSA) is 46.4 Å². The van der Waals surface area contributed by atoms with Crippen LogP contribution in [0.1, 0.15) is 21.7 Å². The first-order valence-corrected chi connectivity index (χ1v) is 8.26. The lowest BCUT2D eigenvalue weighted by molar-refractivity contribution is 0.102. The largest absolute Gasteiger partial charge is 0.321 e. The second-order valence-corrected chi connectivity index (χ2v) is 6.81. The summed E-state index contributed by atoms with van der Waals surface area (Å²) >= 11 is 6.90. The van der Waals surface area contributed by atoms with E-state index in [-0.39, 0.29) is 5.91 Å². The van der Waals surface area contributed by atoms with E-state index in [4.69, 9.17) is 0 Å². The van der Waals surface area contributed by atoms with E-state index in [0.717, 1.165) is 25.8 Å². The van der Waals surface area contributed by atoms with Gasteiger partial charge < -0.3 is 5.32 Å². The van der Waals surface area contributed by atoms with Gasteiger partial charge in [-0.05, 0) is 59.6 Å². The van der Waals surface area contributed by atoms with Crippen LogP contribution in [-0.4, -0.2) is 15.3 Å². The van der Waals surface area contributed by atoms with E-state index in [1.807, 2.05) is 50.4 Å². The number of aryl methyl sites for hydroxylation is 2. The molecule has 0 atom stereocenters. The van der Waals surface area contributed by atoms with E-state index in [2.05, 4.69) is 42.2 Å². The lowest BCUT2D eigenvalue weighted by Crippen LogP contribution is -2.15. The third kappa shape index (κ3) is 2.80. The number of amides is 1. The number of carbonyl (C=O) groups is 1. The Morgan fingerprint density at radius 2 is 1.95 bits per heavy atom. The molecule has 0 spiro atoms. The summed E-state index contributed by atoms with van der Waals surface area (Å²) in [5.74, 6) is -0.182. The van der Waals surface area contributed by atoms with E-state index in [0.29, 0.717) is 11.4 Å². The molecule has 0 aliphatic heterocycles. The van der Waals surface area contributed by atoms with Crippen LogP contribution in [0.25, 0.3) is 5.65 Å². The number of hydrogen-bond acceptors (Lipinski definition) is 2. The van der Waals surface area contributed by atoms with Crippen molar-refractivity contribution in [1.29, 1.82) is 0 Å². The molecule has 1 N–H and O–H groups in total. The van der Waals surface area contributed by atoms with Crippen LogP contribution in [0.5, 0.6) is 0 Å². The van der Waals surface area contributed by atoms with Crippen molar-refractivity contribution in [2.75, 3.05) is 5.32 Å². The summed E-state index contributed by atoms with van der Waals surface area (Å²) in [4.78, 5) is 17.0. The summed E-state index contributed by atoms with van der Waals surface area (Å²) in [5.41, 5.74) is 3.84. The molecule has 0 bridgehead atoms. The van der Waals surface area contributed by atoms with Crippen LogP contribution in [0.3, 0.4) is 0 Å². The van der Waals surface area contributed by atoms with Gasteiger partial charge in [-0.1, -0.05) is 22.0 Å². The van der Waals surface area contributed by atoms with Gasteiger partial charge in [0, 0.05) is 20.8 Å². The lowest BCUT2D eigenvalue weighted by atomic mass is 10.2. The number of carbonyl (C=O) groups excluding carboxylic acids is 1. The van der Waals surface area contributed by atoms with Crippen molar-refractivity contribution < 1.29 is 4.79 Å². The van der Waals surface area contributed by atoms with Gasteiger partial charge in [0.2, 0.25) is 0 Å². The number of hydrogen-bond donors (Lipinski definition) is 1. The monoisotopic (exact) mass is 421 g/mol. The number of benzene rings is 1. The van der Waals surface area contributed by atoms with Gasteiger partial charge in [-0.2, -0.15) is 0 Å². The summed E-state index contributed by atoms with van der Waals surface area (Å²) in [5, 5.41) is 2.92. The molecule has 0 fully saturated rings. The maximum Gasteiger partial charge on any atom is 0.274 e. The number of nitrogens with zero attached hydrogens (tertiary/aromatic N) is 2. The van der Waals surface area contributed by atoms with E-state index in [1.54, 1.807) is 4.40 Å². The Hall–Kier alpha value is -1.66. The van der Waals surface area contributed by atoms with Crippen molar-refractivity contribution in [2.24, 2.45) is 0 Å². The predicted octanol–water partition coefficient (Wildman–Crippen LogP) is 4.73. The van der Waals surface area contributed by atoms with Crippen LogP contribution in [0.2, 0.25) is 0 Å². The number of rotatable bonds is 2. The number of anilines is 1. The molecule has 1 aromatic carbocycles. The summed E-state index contributed by atoms with van der Waals surface area (Å²) in [6.07, 6.45) is 1.84. The van der Waals surface area contributed by atoms with Crippen LogP contribution in [0.4, 0.5) is 5.69 Å². The van der Waals surface area contributed by atoms with Crippen molar-refractivity contribution in [3.05, 3.63) is 62.4 Å². The van der Waals surface area contributed by atoms with E-state index < -0.39 is 0 Å². The first-order chi connectivity index (χ1) is 10.5. The zero-order chi connectivity index (χ0) is 15.9.